The molecule has 1 fully saturated rings. The molecule has 0 aromatic heterocycles. The number of guanidine groups is 1. The molecular formula is C32H37F6N7O7S. The van der Waals surface area contributed by atoms with Gasteiger partial charge in [0.25, 0.3) is 0 Å². The van der Waals surface area contributed by atoms with Gasteiger partial charge < -0.3 is 32.3 Å². The number of nitrogens with zero attached hydrogens (tertiary/aromatic N) is 2. The summed E-state index contributed by atoms with van der Waals surface area (Å²) in [6, 6.07) is 18.3. The van der Waals surface area contributed by atoms with Crippen molar-refractivity contribution < 1.29 is 59.4 Å². The molecule has 21 heteroatoms. The van der Waals surface area contributed by atoms with Gasteiger partial charge in [-0.15, -0.1) is 0 Å². The summed E-state index contributed by atoms with van der Waals surface area (Å²) in [5, 5.41) is 23.7. The van der Waals surface area contributed by atoms with E-state index in [2.05, 4.69) is 9.71 Å². The molecular weight excluding hydrogens is 740 g/mol. The van der Waals surface area contributed by atoms with Gasteiger partial charge in [0.1, 0.15) is 11.9 Å². The second kappa shape index (κ2) is 18.9. The maximum atomic E-state index is 13.7. The number of aliphatic carboxylic acids is 2. The Hall–Kier alpha value is -5.44. The van der Waals surface area contributed by atoms with Crippen molar-refractivity contribution in [1.29, 1.82) is 5.41 Å². The minimum atomic E-state index is -5.08. The highest BCUT2D eigenvalue weighted by Gasteiger charge is 2.39. The van der Waals surface area contributed by atoms with Gasteiger partial charge in [0, 0.05) is 25.2 Å². The zero-order valence-corrected chi connectivity index (χ0v) is 28.5. The largest absolute Gasteiger partial charge is 0.490 e. The number of alkyl halides is 6. The lowest BCUT2D eigenvalue weighted by molar-refractivity contribution is -0.193. The molecule has 1 saturated heterocycles. The Balaban J connectivity index is 0.000000587. The number of piperidine rings is 1. The quantitative estimate of drug-likeness (QED) is 0.0899. The zero-order valence-electron chi connectivity index (χ0n) is 27.7. The highest BCUT2D eigenvalue weighted by atomic mass is 32.2. The molecule has 1 atom stereocenters. The zero-order chi connectivity index (χ0) is 40.1. The lowest BCUT2D eigenvalue weighted by Gasteiger charge is -2.34. The van der Waals surface area contributed by atoms with E-state index in [0.717, 1.165) is 30.0 Å². The highest BCUT2D eigenvalue weighted by Crippen LogP contribution is 2.24. The van der Waals surface area contributed by atoms with Crippen LogP contribution in [0.25, 0.3) is 10.8 Å². The van der Waals surface area contributed by atoms with E-state index in [1.165, 1.54) is 0 Å². The average molecular weight is 778 g/mol. The van der Waals surface area contributed by atoms with Crippen LogP contribution in [0.5, 0.6) is 0 Å². The number of sulfonamides is 1. The van der Waals surface area contributed by atoms with E-state index in [0.29, 0.717) is 36.7 Å². The Labute approximate surface area is 299 Å². The van der Waals surface area contributed by atoms with Gasteiger partial charge in [-0.3, -0.25) is 15.2 Å². The molecule has 0 spiro atoms. The van der Waals surface area contributed by atoms with Crippen LogP contribution < -0.4 is 21.9 Å². The number of rotatable bonds is 10. The number of aliphatic imine (C=N–C) groups is 1. The molecule has 0 saturated carbocycles. The number of amidine groups is 1. The van der Waals surface area contributed by atoms with Crippen LogP contribution in [0.1, 0.15) is 30.4 Å². The van der Waals surface area contributed by atoms with Gasteiger partial charge >= 0.3 is 24.3 Å². The lowest BCUT2D eigenvalue weighted by atomic mass is 9.93. The van der Waals surface area contributed by atoms with Gasteiger partial charge in [-0.1, -0.05) is 48.5 Å². The van der Waals surface area contributed by atoms with Crippen LogP contribution in [0.3, 0.4) is 0 Å². The molecule has 0 aliphatic carbocycles. The Morgan fingerprint density at radius 1 is 0.868 bits per heavy atom. The minimum Gasteiger partial charge on any atom is -0.475 e. The molecule has 1 amide bonds. The first-order valence-corrected chi connectivity index (χ1v) is 16.9. The summed E-state index contributed by atoms with van der Waals surface area (Å²) < 4.78 is 93.1. The summed E-state index contributed by atoms with van der Waals surface area (Å²) in [5.41, 5.74) is 17.7. The molecule has 4 rings (SSSR count). The number of nitrogens with two attached hydrogens (primary N) is 3. The molecule has 1 heterocycles. The molecule has 1 aliphatic rings. The molecule has 0 bridgehead atoms. The van der Waals surface area contributed by atoms with Gasteiger partial charge in [-0.25, -0.2) is 18.0 Å². The van der Waals surface area contributed by atoms with Crippen LogP contribution in [0.4, 0.5) is 26.3 Å². The maximum absolute atomic E-state index is 13.7. The highest BCUT2D eigenvalue weighted by molar-refractivity contribution is 7.89. The number of hydrogen-bond donors (Lipinski definition) is 7. The number of nitrogens with one attached hydrogen (secondary N) is 2. The fourth-order valence-corrected chi connectivity index (χ4v) is 6.13. The van der Waals surface area contributed by atoms with Crippen molar-refractivity contribution in [2.24, 2.45) is 28.1 Å². The van der Waals surface area contributed by atoms with Crippen molar-refractivity contribution in [2.75, 3.05) is 19.6 Å². The van der Waals surface area contributed by atoms with Crippen molar-refractivity contribution >= 4 is 50.4 Å². The summed E-state index contributed by atoms with van der Waals surface area (Å²) in [4.78, 5) is 37.4. The van der Waals surface area contributed by atoms with E-state index in [9.17, 15) is 39.6 Å². The second-order valence-corrected chi connectivity index (χ2v) is 13.2. The Bertz CT molecular complexity index is 1870. The number of fused-ring (bicyclic) bond motifs is 1. The fourth-order valence-electron chi connectivity index (χ4n) is 4.91. The number of carboxylic acid groups (broad SMARTS) is 2. The van der Waals surface area contributed by atoms with Crippen LogP contribution in [0.2, 0.25) is 0 Å². The number of hydrogen-bond acceptors (Lipinski definition) is 7. The van der Waals surface area contributed by atoms with E-state index in [-0.39, 0.29) is 29.0 Å². The molecule has 53 heavy (non-hydrogen) atoms. The van der Waals surface area contributed by atoms with Gasteiger partial charge in [-0.05, 0) is 66.1 Å². The van der Waals surface area contributed by atoms with Gasteiger partial charge in [0.2, 0.25) is 15.9 Å². The summed E-state index contributed by atoms with van der Waals surface area (Å²) in [6.07, 6.45) is -7.64. The second-order valence-electron chi connectivity index (χ2n) is 11.5. The molecule has 3 aromatic carbocycles. The van der Waals surface area contributed by atoms with Crippen LogP contribution in [0.15, 0.2) is 76.6 Å². The first-order valence-electron chi connectivity index (χ1n) is 15.4. The third kappa shape index (κ3) is 14.6. The van der Waals surface area contributed by atoms with Crippen molar-refractivity contribution in [3.63, 3.8) is 0 Å². The number of nitrogen functional groups attached to an aromatic ring is 1. The van der Waals surface area contributed by atoms with Crippen LogP contribution in [0, 0.1) is 11.3 Å². The van der Waals surface area contributed by atoms with Crippen LogP contribution >= 0.6 is 0 Å². The predicted octanol–water partition coefficient (Wildman–Crippen LogP) is 3.18. The standard InChI is InChI=1S/C28H35N7O3S.2C2HF3O2/c29-26(30)23-7-3-4-20(16-23)17-25(27(36)35-14-11-19(12-15-35)10-13-33-28(31)32)34-39(37,38)24-9-8-21-5-1-2-6-22(21)18-24;2*3-2(4,5)1(6)7/h1-9,16,18-19,25,34H,10-15,17H2,(H3,29,30)(H4,31,32,33);2*(H,6,7)/t25-;;/m0../s1. The third-order valence-corrected chi connectivity index (χ3v) is 9.02. The number of benzene rings is 3. The van der Waals surface area contributed by atoms with Gasteiger partial charge in [-0.2, -0.15) is 31.1 Å². The number of carbonyl (C=O) groups is 3. The van der Waals surface area contributed by atoms with E-state index in [1.807, 2.05) is 24.3 Å². The number of likely N-dealkylation sites (tertiary alicyclic amines) is 1. The first-order chi connectivity index (χ1) is 24.5. The first kappa shape index (κ1) is 43.7. The molecule has 1 aliphatic heterocycles. The number of carboxylic acids is 2. The molecule has 3 aromatic rings. The SMILES string of the molecule is N=C(N)c1cccc(C[C@H](NS(=O)(=O)c2ccc3ccccc3c2)C(=O)N2CCC(CCN=C(N)N)CC2)c1.O=C(O)C(F)(F)F.O=C(O)C(F)(F)F. The van der Waals surface area contributed by atoms with E-state index >= 15 is 0 Å². The predicted molar refractivity (Wildman–Crippen MR) is 181 cm³/mol. The van der Waals surface area contributed by atoms with Crippen LogP contribution in [-0.2, 0) is 30.8 Å². The lowest BCUT2D eigenvalue weighted by Crippen LogP contribution is -2.51. The van der Waals surface area contributed by atoms with Crippen molar-refractivity contribution in [1.82, 2.24) is 9.62 Å². The van der Waals surface area contributed by atoms with Crippen molar-refractivity contribution in [3.8, 4) is 0 Å². The van der Waals surface area contributed by atoms with Crippen molar-refractivity contribution in [3.05, 3.63) is 77.9 Å². The number of amides is 1. The molecule has 10 N–H and O–H groups in total. The summed E-state index contributed by atoms with van der Waals surface area (Å²) in [6.45, 7) is 1.58. The van der Waals surface area contributed by atoms with E-state index in [4.69, 9.17) is 42.4 Å². The van der Waals surface area contributed by atoms with Crippen LogP contribution in [-0.4, -0.2) is 91.2 Å². The smallest absolute Gasteiger partial charge is 0.475 e. The summed E-state index contributed by atoms with van der Waals surface area (Å²) >= 11 is 0. The topological polar surface area (TPSA) is 255 Å². The normalized spacial score (nSPS) is 14.1. The maximum Gasteiger partial charge on any atom is 0.490 e. The minimum absolute atomic E-state index is 0.0676. The summed E-state index contributed by atoms with van der Waals surface area (Å²) in [7, 11) is -4.01. The third-order valence-electron chi connectivity index (χ3n) is 7.55. The molecule has 0 radical (unpaired) electrons. The molecule has 14 nitrogen and oxygen atoms in total. The molecule has 0 unspecified atom stereocenters. The monoisotopic (exact) mass is 777 g/mol. The Kier molecular flexibility index (Phi) is 15.6. The van der Waals surface area contributed by atoms with Gasteiger partial charge in [0.05, 0.1) is 4.90 Å². The summed E-state index contributed by atoms with van der Waals surface area (Å²) in [5.74, 6) is -5.44. The molecule has 290 valence electrons. The Morgan fingerprint density at radius 2 is 1.42 bits per heavy atom. The fraction of sp³-hybridized carbons (Fsp3) is 0.344. The van der Waals surface area contributed by atoms with E-state index in [1.54, 1.807) is 47.4 Å². The van der Waals surface area contributed by atoms with E-state index < -0.39 is 40.4 Å². The number of carbonyl (C=O) groups excluding carboxylic acids is 1. The average Bonchev–Trinajstić information content (AvgIpc) is 3.07. The van der Waals surface area contributed by atoms with Crippen molar-refractivity contribution in [2.45, 2.75) is 49.0 Å². The Morgan fingerprint density at radius 3 is 1.92 bits per heavy atom. The number of halogens is 6. The van der Waals surface area contributed by atoms with Gasteiger partial charge in [0.15, 0.2) is 5.96 Å².